The van der Waals surface area contributed by atoms with E-state index in [1.165, 1.54) is 167 Å². The van der Waals surface area contributed by atoms with Gasteiger partial charge in [-0.15, -0.1) is 0 Å². The van der Waals surface area contributed by atoms with Crippen molar-refractivity contribution in [2.75, 3.05) is 13.2 Å². The molecular formula is C42H72N2O2. The van der Waals surface area contributed by atoms with E-state index < -0.39 is 0 Å². The summed E-state index contributed by atoms with van der Waals surface area (Å²) in [6, 6.07) is 7.90. The molecule has 0 N–H and O–H groups in total. The molecule has 4 heteroatoms. The standard InChI is InChI=1S/C42H72N2O2/c1-3-5-7-9-11-13-15-17-19-21-23-25-27-29-35-45-39-31-33-43-41(37-39)42-38-40(32-34-44-42)46-36-30-28-26-24-22-20-18-16-14-12-10-8-6-4-2/h31-34,37-38H,3-30,35-36H2,1-2H3. The minimum Gasteiger partial charge on any atom is -0.493 e. The molecule has 0 aliphatic carbocycles. The first-order valence-electron chi connectivity index (χ1n) is 20.0. The van der Waals surface area contributed by atoms with Gasteiger partial charge in [0.1, 0.15) is 11.5 Å². The number of aromatic nitrogens is 2. The van der Waals surface area contributed by atoms with Crippen LogP contribution in [0, 0.1) is 0 Å². The fourth-order valence-corrected chi connectivity index (χ4v) is 6.26. The Balaban J connectivity index is 1.47. The maximum absolute atomic E-state index is 6.07. The zero-order valence-electron chi connectivity index (χ0n) is 30.4. The monoisotopic (exact) mass is 637 g/mol. The largest absolute Gasteiger partial charge is 0.493 e. The van der Waals surface area contributed by atoms with Gasteiger partial charge in [0.2, 0.25) is 0 Å². The summed E-state index contributed by atoms with van der Waals surface area (Å²) in [6.45, 7) is 6.10. The normalized spacial score (nSPS) is 11.3. The van der Waals surface area contributed by atoms with Gasteiger partial charge in [0.15, 0.2) is 0 Å². The van der Waals surface area contributed by atoms with Crippen LogP contribution in [0.25, 0.3) is 11.4 Å². The molecule has 2 rings (SSSR count). The Morgan fingerprint density at radius 1 is 0.370 bits per heavy atom. The van der Waals surface area contributed by atoms with E-state index in [0.717, 1.165) is 48.9 Å². The van der Waals surface area contributed by atoms with E-state index in [1.807, 2.05) is 36.7 Å². The summed E-state index contributed by atoms with van der Waals surface area (Å²) in [5.74, 6) is 1.74. The van der Waals surface area contributed by atoms with Crippen LogP contribution in [0.3, 0.4) is 0 Å². The first kappa shape index (κ1) is 40.1. The summed E-state index contributed by atoms with van der Waals surface area (Å²) in [6.07, 6.45) is 42.0. The van der Waals surface area contributed by atoms with Crippen molar-refractivity contribution in [3.8, 4) is 22.9 Å². The van der Waals surface area contributed by atoms with Crippen molar-refractivity contribution in [1.29, 1.82) is 0 Å². The highest BCUT2D eigenvalue weighted by molar-refractivity contribution is 5.57. The molecule has 0 saturated heterocycles. The van der Waals surface area contributed by atoms with Crippen molar-refractivity contribution < 1.29 is 9.47 Å². The van der Waals surface area contributed by atoms with E-state index in [9.17, 15) is 0 Å². The molecule has 46 heavy (non-hydrogen) atoms. The van der Waals surface area contributed by atoms with Crippen LogP contribution < -0.4 is 9.47 Å². The average Bonchev–Trinajstić information content (AvgIpc) is 3.08. The SMILES string of the molecule is CCCCCCCCCCCCCCCCOc1ccnc(-c2cc(OCCCCCCCCCCCCCCCC)ccn2)c1. The Kier molecular flexibility index (Phi) is 26.4. The van der Waals surface area contributed by atoms with Crippen LogP contribution in [0.1, 0.15) is 194 Å². The summed E-state index contributed by atoms with van der Waals surface area (Å²) >= 11 is 0. The number of unbranched alkanes of at least 4 members (excludes halogenated alkanes) is 26. The first-order valence-corrected chi connectivity index (χ1v) is 20.0. The molecule has 0 atom stereocenters. The predicted octanol–water partition coefficient (Wildman–Crippen LogP) is 13.9. The summed E-state index contributed by atoms with van der Waals surface area (Å²) in [4.78, 5) is 9.10. The van der Waals surface area contributed by atoms with Gasteiger partial charge in [-0.05, 0) is 25.0 Å². The lowest BCUT2D eigenvalue weighted by molar-refractivity contribution is 0.303. The Bertz CT molecular complexity index is 858. The van der Waals surface area contributed by atoms with E-state index in [-0.39, 0.29) is 0 Å². The topological polar surface area (TPSA) is 44.2 Å². The van der Waals surface area contributed by atoms with E-state index in [0.29, 0.717) is 0 Å². The van der Waals surface area contributed by atoms with Crippen LogP contribution >= 0.6 is 0 Å². The lowest BCUT2D eigenvalue weighted by atomic mass is 10.0. The summed E-state index contributed by atoms with van der Waals surface area (Å²) in [5.41, 5.74) is 1.67. The molecule has 0 spiro atoms. The third-order valence-electron chi connectivity index (χ3n) is 9.26. The van der Waals surface area contributed by atoms with Crippen LogP contribution in [0.2, 0.25) is 0 Å². The zero-order chi connectivity index (χ0) is 32.6. The molecular weight excluding hydrogens is 564 g/mol. The molecule has 0 aliphatic heterocycles. The molecule has 0 saturated carbocycles. The second-order valence-corrected chi connectivity index (χ2v) is 13.6. The molecule has 2 heterocycles. The Hall–Kier alpha value is -2.10. The highest BCUT2D eigenvalue weighted by atomic mass is 16.5. The van der Waals surface area contributed by atoms with Crippen LogP contribution in [-0.2, 0) is 0 Å². The Labute approximate surface area is 285 Å². The number of rotatable bonds is 33. The highest BCUT2D eigenvalue weighted by Crippen LogP contribution is 2.24. The summed E-state index contributed by atoms with van der Waals surface area (Å²) < 4.78 is 12.1. The number of pyridine rings is 2. The van der Waals surface area contributed by atoms with Gasteiger partial charge in [-0.1, -0.05) is 181 Å². The lowest BCUT2D eigenvalue weighted by Crippen LogP contribution is -1.99. The average molecular weight is 637 g/mol. The molecule has 0 unspecified atom stereocenters. The molecule has 4 nitrogen and oxygen atoms in total. The molecule has 2 aromatic rings. The molecule has 0 bridgehead atoms. The third kappa shape index (κ3) is 22.4. The third-order valence-corrected chi connectivity index (χ3v) is 9.26. The van der Waals surface area contributed by atoms with Crippen molar-refractivity contribution in [1.82, 2.24) is 9.97 Å². The van der Waals surface area contributed by atoms with Crippen LogP contribution in [-0.4, -0.2) is 23.2 Å². The second-order valence-electron chi connectivity index (χ2n) is 13.6. The van der Waals surface area contributed by atoms with Gasteiger partial charge in [0, 0.05) is 24.5 Å². The summed E-state index contributed by atoms with van der Waals surface area (Å²) in [7, 11) is 0. The first-order chi connectivity index (χ1) is 22.8. The lowest BCUT2D eigenvalue weighted by Gasteiger charge is -2.09. The fraction of sp³-hybridized carbons (Fsp3) is 0.762. The van der Waals surface area contributed by atoms with Gasteiger partial charge >= 0.3 is 0 Å². The molecule has 0 amide bonds. The fourth-order valence-electron chi connectivity index (χ4n) is 6.26. The van der Waals surface area contributed by atoms with Gasteiger partial charge in [0.25, 0.3) is 0 Å². The molecule has 0 aromatic carbocycles. The number of nitrogens with zero attached hydrogens (tertiary/aromatic N) is 2. The van der Waals surface area contributed by atoms with Crippen molar-refractivity contribution >= 4 is 0 Å². The van der Waals surface area contributed by atoms with Gasteiger partial charge in [-0.3, -0.25) is 9.97 Å². The van der Waals surface area contributed by atoms with E-state index in [1.54, 1.807) is 0 Å². The van der Waals surface area contributed by atoms with E-state index in [2.05, 4.69) is 23.8 Å². The summed E-state index contributed by atoms with van der Waals surface area (Å²) in [5, 5.41) is 0. The zero-order valence-corrected chi connectivity index (χ0v) is 30.4. The van der Waals surface area contributed by atoms with Gasteiger partial charge < -0.3 is 9.47 Å². The van der Waals surface area contributed by atoms with Crippen molar-refractivity contribution in [2.45, 2.75) is 194 Å². The highest BCUT2D eigenvalue weighted by Gasteiger charge is 2.06. The van der Waals surface area contributed by atoms with Gasteiger partial charge in [-0.25, -0.2) is 0 Å². The van der Waals surface area contributed by atoms with E-state index >= 15 is 0 Å². The molecule has 0 fully saturated rings. The minimum absolute atomic E-state index is 0.761. The predicted molar refractivity (Wildman–Crippen MR) is 199 cm³/mol. The second kappa shape index (κ2) is 30.2. The Morgan fingerprint density at radius 3 is 0.913 bits per heavy atom. The van der Waals surface area contributed by atoms with Crippen molar-refractivity contribution in [3.63, 3.8) is 0 Å². The van der Waals surface area contributed by atoms with Crippen molar-refractivity contribution in [3.05, 3.63) is 36.7 Å². The van der Waals surface area contributed by atoms with Crippen LogP contribution in [0.5, 0.6) is 11.5 Å². The quantitative estimate of drug-likeness (QED) is 0.0731. The van der Waals surface area contributed by atoms with E-state index in [4.69, 9.17) is 9.47 Å². The number of hydrogen-bond donors (Lipinski definition) is 0. The van der Waals surface area contributed by atoms with Gasteiger partial charge in [0.05, 0.1) is 24.6 Å². The van der Waals surface area contributed by atoms with Gasteiger partial charge in [-0.2, -0.15) is 0 Å². The van der Waals surface area contributed by atoms with Crippen molar-refractivity contribution in [2.24, 2.45) is 0 Å². The molecule has 0 radical (unpaired) electrons. The van der Waals surface area contributed by atoms with Crippen LogP contribution in [0.4, 0.5) is 0 Å². The smallest absolute Gasteiger partial charge is 0.123 e. The number of hydrogen-bond acceptors (Lipinski definition) is 4. The maximum Gasteiger partial charge on any atom is 0.123 e. The minimum atomic E-state index is 0.761. The molecule has 2 aromatic heterocycles. The molecule has 0 aliphatic rings. The number of ether oxygens (including phenoxy) is 2. The van der Waals surface area contributed by atoms with Crippen LogP contribution in [0.15, 0.2) is 36.7 Å². The maximum atomic E-state index is 6.07. The Morgan fingerprint density at radius 2 is 0.630 bits per heavy atom. The molecule has 262 valence electrons.